The summed E-state index contributed by atoms with van der Waals surface area (Å²) in [4.78, 5) is 0. The molecule has 0 unspecified atom stereocenters. The maximum atomic E-state index is 2.33. The molecule has 1 heteroatoms. The Morgan fingerprint density at radius 3 is 2.56 bits per heavy atom. The summed E-state index contributed by atoms with van der Waals surface area (Å²) in [7, 11) is 0. The van der Waals surface area contributed by atoms with Gasteiger partial charge in [-0.3, -0.25) is 0 Å². The summed E-state index contributed by atoms with van der Waals surface area (Å²) < 4.78 is 0. The van der Waals surface area contributed by atoms with Crippen molar-refractivity contribution < 1.29 is 0 Å². The second-order valence-electron chi connectivity index (χ2n) is 2.12. The van der Waals surface area contributed by atoms with Gasteiger partial charge in [0.15, 0.2) is 0 Å². The van der Waals surface area contributed by atoms with Crippen LogP contribution < -0.4 is 0 Å². The first-order valence-corrected chi connectivity index (χ1v) is 4.90. The van der Waals surface area contributed by atoms with Gasteiger partial charge in [-0.05, 0) is 12.2 Å². The maximum Gasteiger partial charge on any atom is 0.0166 e. The zero-order valence-corrected chi connectivity index (χ0v) is 7.34. The minimum Gasteiger partial charge on any atom is -0.158 e. The Hall–Kier alpha value is 0.350. The molecular formula is C8H17S. The quantitative estimate of drug-likeness (QED) is 0.516. The number of rotatable bonds is 6. The van der Waals surface area contributed by atoms with E-state index in [9.17, 15) is 0 Å². The summed E-state index contributed by atoms with van der Waals surface area (Å²) in [5.74, 6) is 3.56. The van der Waals surface area contributed by atoms with Gasteiger partial charge in [-0.15, -0.1) is 0 Å². The molecule has 0 rings (SSSR count). The molecule has 9 heavy (non-hydrogen) atoms. The standard InChI is InChI=1S/C8H17S/c1-3-5-6-7-8-9-4-2/h8H,3-7H2,1-2H3. The smallest absolute Gasteiger partial charge is 0.0166 e. The van der Waals surface area contributed by atoms with Crippen LogP contribution in [0.4, 0.5) is 0 Å². The molecule has 0 aromatic heterocycles. The Bertz CT molecular complexity index is 37.8. The van der Waals surface area contributed by atoms with E-state index in [1.807, 2.05) is 11.8 Å². The van der Waals surface area contributed by atoms with Crippen molar-refractivity contribution in [3.8, 4) is 0 Å². The van der Waals surface area contributed by atoms with Gasteiger partial charge in [0.1, 0.15) is 0 Å². The lowest BCUT2D eigenvalue weighted by atomic mass is 10.2. The third-order valence-electron chi connectivity index (χ3n) is 1.21. The summed E-state index contributed by atoms with van der Waals surface area (Å²) in [5.41, 5.74) is 0. The molecule has 0 aliphatic rings. The van der Waals surface area contributed by atoms with Crippen LogP contribution in [0.15, 0.2) is 0 Å². The summed E-state index contributed by atoms with van der Waals surface area (Å²) in [5, 5.41) is 0. The van der Waals surface area contributed by atoms with Crippen molar-refractivity contribution in [3.05, 3.63) is 5.75 Å². The summed E-state index contributed by atoms with van der Waals surface area (Å²) in [6.07, 6.45) is 5.40. The average molecular weight is 145 g/mol. The molecule has 0 aromatic carbocycles. The molecule has 0 aromatic rings. The Balaban J connectivity index is 2.60. The van der Waals surface area contributed by atoms with Crippen LogP contribution in [-0.4, -0.2) is 5.75 Å². The third kappa shape index (κ3) is 8.35. The Labute approximate surface area is 63.4 Å². The summed E-state index contributed by atoms with van der Waals surface area (Å²) in [6.45, 7) is 4.44. The largest absolute Gasteiger partial charge is 0.158 e. The topological polar surface area (TPSA) is 0 Å². The van der Waals surface area contributed by atoms with E-state index in [1.54, 1.807) is 0 Å². The van der Waals surface area contributed by atoms with Gasteiger partial charge in [0.05, 0.1) is 0 Å². The lowest BCUT2D eigenvalue weighted by Gasteiger charge is -1.95. The Morgan fingerprint density at radius 2 is 2.00 bits per heavy atom. The van der Waals surface area contributed by atoms with Gasteiger partial charge in [-0.25, -0.2) is 0 Å². The molecule has 0 saturated carbocycles. The number of unbranched alkanes of at least 4 members (excludes halogenated alkanes) is 3. The van der Waals surface area contributed by atoms with Crippen molar-refractivity contribution in [1.82, 2.24) is 0 Å². The Kier molecular flexibility index (Phi) is 8.67. The van der Waals surface area contributed by atoms with Crippen molar-refractivity contribution >= 4 is 11.8 Å². The van der Waals surface area contributed by atoms with E-state index in [-0.39, 0.29) is 0 Å². The first-order chi connectivity index (χ1) is 4.41. The average Bonchev–Trinajstić information content (AvgIpc) is 1.89. The highest BCUT2D eigenvalue weighted by atomic mass is 32.2. The fourth-order valence-corrected chi connectivity index (χ4v) is 1.25. The van der Waals surface area contributed by atoms with Gasteiger partial charge >= 0.3 is 0 Å². The minimum atomic E-state index is 1.23. The predicted molar refractivity (Wildman–Crippen MR) is 46.6 cm³/mol. The van der Waals surface area contributed by atoms with Crippen LogP contribution in [0.3, 0.4) is 0 Å². The molecule has 0 saturated heterocycles. The predicted octanol–water partition coefficient (Wildman–Crippen LogP) is 3.48. The highest BCUT2D eigenvalue weighted by molar-refractivity contribution is 8.01. The van der Waals surface area contributed by atoms with Crippen LogP contribution in [0.2, 0.25) is 0 Å². The Morgan fingerprint density at radius 1 is 1.22 bits per heavy atom. The number of hydrogen-bond donors (Lipinski definition) is 0. The number of hydrogen-bond acceptors (Lipinski definition) is 1. The van der Waals surface area contributed by atoms with Gasteiger partial charge in [0.2, 0.25) is 0 Å². The van der Waals surface area contributed by atoms with E-state index in [0.29, 0.717) is 0 Å². The van der Waals surface area contributed by atoms with Crippen LogP contribution in [0.5, 0.6) is 0 Å². The maximum absolute atomic E-state index is 2.33. The molecule has 0 nitrogen and oxygen atoms in total. The highest BCUT2D eigenvalue weighted by Gasteiger charge is 1.86. The van der Waals surface area contributed by atoms with Gasteiger partial charge < -0.3 is 0 Å². The van der Waals surface area contributed by atoms with Gasteiger partial charge in [0.25, 0.3) is 0 Å². The van der Waals surface area contributed by atoms with Crippen LogP contribution in [-0.2, 0) is 0 Å². The second kappa shape index (κ2) is 8.35. The summed E-state index contributed by atoms with van der Waals surface area (Å²) >= 11 is 1.93. The van der Waals surface area contributed by atoms with E-state index in [0.717, 1.165) is 0 Å². The molecule has 0 heterocycles. The van der Waals surface area contributed by atoms with Gasteiger partial charge in [-0.2, -0.15) is 11.8 Å². The first kappa shape index (κ1) is 9.35. The minimum absolute atomic E-state index is 1.23. The van der Waals surface area contributed by atoms with Gasteiger partial charge in [-0.1, -0.05) is 33.1 Å². The molecule has 0 aliphatic carbocycles. The molecule has 0 bridgehead atoms. The van der Waals surface area contributed by atoms with Crippen LogP contribution in [0.1, 0.15) is 39.5 Å². The SMILES string of the molecule is CCCCC[CH]SCC. The lowest BCUT2D eigenvalue weighted by Crippen LogP contribution is -1.74. The molecule has 0 atom stereocenters. The van der Waals surface area contributed by atoms with E-state index < -0.39 is 0 Å². The summed E-state index contributed by atoms with van der Waals surface area (Å²) in [6, 6.07) is 0. The molecule has 0 amide bonds. The van der Waals surface area contributed by atoms with Gasteiger partial charge in [0, 0.05) is 5.75 Å². The zero-order valence-electron chi connectivity index (χ0n) is 6.52. The fraction of sp³-hybridized carbons (Fsp3) is 0.875. The zero-order chi connectivity index (χ0) is 6.95. The normalized spacial score (nSPS) is 10.0. The lowest BCUT2D eigenvalue weighted by molar-refractivity contribution is 0.724. The van der Waals surface area contributed by atoms with E-state index in [2.05, 4.69) is 19.6 Å². The van der Waals surface area contributed by atoms with Crippen molar-refractivity contribution in [3.63, 3.8) is 0 Å². The van der Waals surface area contributed by atoms with Crippen LogP contribution in [0.25, 0.3) is 0 Å². The molecule has 0 fully saturated rings. The second-order valence-corrected chi connectivity index (χ2v) is 3.36. The first-order valence-electron chi connectivity index (χ1n) is 3.85. The van der Waals surface area contributed by atoms with E-state index in [1.165, 1.54) is 31.4 Å². The molecule has 55 valence electrons. The monoisotopic (exact) mass is 145 g/mol. The van der Waals surface area contributed by atoms with E-state index >= 15 is 0 Å². The number of thioether (sulfide) groups is 1. The molecule has 0 N–H and O–H groups in total. The van der Waals surface area contributed by atoms with Crippen molar-refractivity contribution in [2.24, 2.45) is 0 Å². The van der Waals surface area contributed by atoms with E-state index in [4.69, 9.17) is 0 Å². The van der Waals surface area contributed by atoms with Crippen molar-refractivity contribution in [2.45, 2.75) is 39.5 Å². The molecule has 0 aliphatic heterocycles. The third-order valence-corrected chi connectivity index (χ3v) is 2.01. The van der Waals surface area contributed by atoms with Crippen LogP contribution >= 0.6 is 11.8 Å². The fourth-order valence-electron chi connectivity index (χ4n) is 0.679. The van der Waals surface area contributed by atoms with Crippen molar-refractivity contribution in [2.75, 3.05) is 5.75 Å². The van der Waals surface area contributed by atoms with Crippen molar-refractivity contribution in [1.29, 1.82) is 0 Å². The van der Waals surface area contributed by atoms with Crippen LogP contribution in [0, 0.1) is 5.75 Å². The molecule has 1 radical (unpaired) electrons. The molecular weight excluding hydrogens is 128 g/mol. The highest BCUT2D eigenvalue weighted by Crippen LogP contribution is 2.11. The molecule has 0 spiro atoms.